The van der Waals surface area contributed by atoms with Crippen molar-refractivity contribution in [2.45, 2.75) is 18.9 Å². The highest BCUT2D eigenvalue weighted by atomic mass is 35.5. The van der Waals surface area contributed by atoms with Crippen molar-refractivity contribution in [1.82, 2.24) is 24.5 Å². The maximum absolute atomic E-state index is 9.68. The number of imidazole rings is 1. The van der Waals surface area contributed by atoms with Gasteiger partial charge >= 0.3 is 0 Å². The molecule has 0 bridgehead atoms. The maximum atomic E-state index is 9.68. The van der Waals surface area contributed by atoms with Crippen molar-refractivity contribution in [2.75, 3.05) is 48.8 Å². The van der Waals surface area contributed by atoms with Gasteiger partial charge < -0.3 is 25.3 Å². The molecule has 3 fully saturated rings. The summed E-state index contributed by atoms with van der Waals surface area (Å²) < 4.78 is 1.48. The number of fused-ring (bicyclic) bond motifs is 2. The van der Waals surface area contributed by atoms with Crippen LogP contribution in [-0.2, 0) is 0 Å². The Kier molecular flexibility index (Phi) is 4.94. The van der Waals surface area contributed by atoms with Crippen LogP contribution in [0.2, 0.25) is 5.02 Å². The lowest BCUT2D eigenvalue weighted by molar-refractivity contribution is 0.387. The lowest BCUT2D eigenvalue weighted by Gasteiger charge is -2.24. The van der Waals surface area contributed by atoms with Crippen molar-refractivity contribution in [2.24, 2.45) is 11.8 Å². The van der Waals surface area contributed by atoms with Gasteiger partial charge in [0, 0.05) is 32.2 Å². The molecular formula is C23H23ClN10. The molecule has 0 spiro atoms. The smallest absolute Gasteiger partial charge is 0.275 e. The third kappa shape index (κ3) is 3.65. The monoisotopic (exact) mass is 474 g/mol. The van der Waals surface area contributed by atoms with Gasteiger partial charge in [0.05, 0.1) is 34.2 Å². The van der Waals surface area contributed by atoms with Crippen molar-refractivity contribution in [3.8, 4) is 6.07 Å². The molecule has 1 aliphatic carbocycles. The number of likely N-dealkylation sites (tertiary alicyclic amines) is 1. The fourth-order valence-corrected chi connectivity index (χ4v) is 5.33. The van der Waals surface area contributed by atoms with Gasteiger partial charge in [-0.05, 0) is 43.9 Å². The first kappa shape index (κ1) is 21.0. The molecule has 6 rings (SSSR count). The van der Waals surface area contributed by atoms with E-state index in [0.29, 0.717) is 51.4 Å². The SMILES string of the molecule is [C-]#[N+]c1cnc2c(NC3CC3)nc(Nc3cc(C#N)cc(N4CC5CN(C)CC5C4)c3Cl)nn12. The number of rotatable bonds is 5. The topological polar surface area (TPSA) is 102 Å². The molecule has 3 aliphatic rings. The van der Waals surface area contributed by atoms with Crippen molar-refractivity contribution in [1.29, 1.82) is 5.26 Å². The van der Waals surface area contributed by atoms with Gasteiger partial charge in [-0.25, -0.2) is 4.98 Å². The molecule has 0 radical (unpaired) electrons. The summed E-state index contributed by atoms with van der Waals surface area (Å²) in [4.78, 5) is 17.1. The lowest BCUT2D eigenvalue weighted by atomic mass is 10.0. The van der Waals surface area contributed by atoms with E-state index in [1.54, 1.807) is 6.07 Å². The first-order valence-corrected chi connectivity index (χ1v) is 11.7. The highest BCUT2D eigenvalue weighted by Gasteiger charge is 2.39. The van der Waals surface area contributed by atoms with Crippen LogP contribution in [-0.4, -0.2) is 63.8 Å². The van der Waals surface area contributed by atoms with Gasteiger partial charge in [0.1, 0.15) is 0 Å². The Morgan fingerprint density at radius 3 is 2.65 bits per heavy atom. The van der Waals surface area contributed by atoms with Gasteiger partial charge in [0.15, 0.2) is 5.82 Å². The van der Waals surface area contributed by atoms with Crippen LogP contribution in [0.25, 0.3) is 10.5 Å². The molecule has 34 heavy (non-hydrogen) atoms. The number of hydrogen-bond acceptors (Lipinski definition) is 8. The zero-order chi connectivity index (χ0) is 23.4. The van der Waals surface area contributed by atoms with E-state index in [4.69, 9.17) is 18.2 Å². The van der Waals surface area contributed by atoms with E-state index in [0.717, 1.165) is 44.7 Å². The predicted molar refractivity (Wildman–Crippen MR) is 130 cm³/mol. The summed E-state index contributed by atoms with van der Waals surface area (Å²) in [5.41, 5.74) is 2.43. The molecule has 2 N–H and O–H groups in total. The Balaban J connectivity index is 1.36. The highest BCUT2D eigenvalue weighted by Crippen LogP contribution is 2.41. The van der Waals surface area contributed by atoms with Gasteiger partial charge in [0.25, 0.3) is 17.4 Å². The third-order valence-electron chi connectivity index (χ3n) is 6.82. The summed E-state index contributed by atoms with van der Waals surface area (Å²) in [7, 11) is 2.16. The van der Waals surface area contributed by atoms with Gasteiger partial charge in [-0.1, -0.05) is 23.3 Å². The summed E-state index contributed by atoms with van der Waals surface area (Å²) in [5.74, 6) is 2.36. The number of aromatic nitrogens is 4. The van der Waals surface area contributed by atoms with Gasteiger partial charge in [-0.15, -0.1) is 4.52 Å². The summed E-state index contributed by atoms with van der Waals surface area (Å²) in [6, 6.07) is 6.17. The van der Waals surface area contributed by atoms with Crippen molar-refractivity contribution in [3.63, 3.8) is 0 Å². The average Bonchev–Trinajstić information content (AvgIpc) is 3.24. The molecule has 3 aromatic rings. The zero-order valence-corrected chi connectivity index (χ0v) is 19.4. The molecule has 172 valence electrons. The van der Waals surface area contributed by atoms with E-state index in [-0.39, 0.29) is 5.95 Å². The van der Waals surface area contributed by atoms with Crippen LogP contribution in [0.1, 0.15) is 18.4 Å². The zero-order valence-electron chi connectivity index (χ0n) is 18.7. The number of hydrogen-bond donors (Lipinski definition) is 2. The fourth-order valence-electron chi connectivity index (χ4n) is 5.06. The first-order chi connectivity index (χ1) is 16.5. The summed E-state index contributed by atoms with van der Waals surface area (Å²) in [6.07, 6.45) is 3.63. The van der Waals surface area contributed by atoms with Crippen LogP contribution in [0.5, 0.6) is 0 Å². The molecule has 11 heteroatoms. The highest BCUT2D eigenvalue weighted by molar-refractivity contribution is 6.36. The Morgan fingerprint density at radius 2 is 1.97 bits per heavy atom. The minimum atomic E-state index is 0.279. The van der Waals surface area contributed by atoms with Gasteiger partial charge in [0.2, 0.25) is 0 Å². The van der Waals surface area contributed by atoms with Gasteiger partial charge in [-0.3, -0.25) is 0 Å². The Hall–Kier alpha value is -3.60. The Morgan fingerprint density at radius 1 is 1.21 bits per heavy atom. The van der Waals surface area contributed by atoms with Gasteiger partial charge in [-0.2, -0.15) is 10.2 Å². The second-order valence-electron chi connectivity index (χ2n) is 9.41. The number of anilines is 4. The standard InChI is InChI=1S/C23H23ClN10/c1-26-19-8-27-22-21(28-16-3-4-16)30-23(31-34(19)22)29-17-5-13(7-25)6-18(20(17)24)33-11-14-9-32(2)10-15(14)12-33/h5-6,8,14-16H,3-4,9-12H2,2H3,(H2,28,29,30,31). The number of nitrogens with one attached hydrogen (secondary N) is 2. The molecule has 1 saturated carbocycles. The van der Waals surface area contributed by atoms with Crippen LogP contribution >= 0.6 is 11.6 Å². The number of nitrogens with zero attached hydrogens (tertiary/aromatic N) is 8. The number of halogens is 1. The molecule has 2 unspecified atom stereocenters. The minimum Gasteiger partial charge on any atom is -0.370 e. The van der Waals surface area contributed by atoms with Crippen molar-refractivity contribution >= 4 is 46.2 Å². The molecule has 2 saturated heterocycles. The lowest BCUT2D eigenvalue weighted by Crippen LogP contribution is -2.27. The van der Waals surface area contributed by atoms with E-state index < -0.39 is 0 Å². The van der Waals surface area contributed by atoms with Crippen LogP contribution in [0.4, 0.5) is 29.0 Å². The van der Waals surface area contributed by atoms with Crippen molar-refractivity contribution < 1.29 is 0 Å². The van der Waals surface area contributed by atoms with Crippen LogP contribution < -0.4 is 15.5 Å². The molecule has 2 aliphatic heterocycles. The van der Waals surface area contributed by atoms with E-state index >= 15 is 0 Å². The Labute approximate surface area is 202 Å². The number of benzene rings is 1. The normalized spacial score (nSPS) is 21.9. The summed E-state index contributed by atoms with van der Waals surface area (Å²) in [5, 5.41) is 21.3. The Bertz CT molecular complexity index is 1350. The molecule has 2 atom stereocenters. The second kappa shape index (κ2) is 8.01. The molecule has 4 heterocycles. The molecular weight excluding hydrogens is 452 g/mol. The van der Waals surface area contributed by atoms with E-state index in [2.05, 4.69) is 53.5 Å². The van der Waals surface area contributed by atoms with Crippen LogP contribution in [0.3, 0.4) is 0 Å². The van der Waals surface area contributed by atoms with E-state index in [1.165, 1.54) is 10.7 Å². The summed E-state index contributed by atoms with van der Waals surface area (Å²) >= 11 is 6.88. The molecule has 10 nitrogen and oxygen atoms in total. The van der Waals surface area contributed by atoms with Crippen LogP contribution in [0.15, 0.2) is 18.3 Å². The average molecular weight is 475 g/mol. The third-order valence-corrected chi connectivity index (χ3v) is 7.21. The van der Waals surface area contributed by atoms with E-state index in [9.17, 15) is 5.26 Å². The number of nitriles is 1. The molecule has 2 aromatic heterocycles. The maximum Gasteiger partial charge on any atom is 0.275 e. The fraction of sp³-hybridized carbons (Fsp3) is 0.435. The minimum absolute atomic E-state index is 0.279. The molecule has 1 aromatic carbocycles. The van der Waals surface area contributed by atoms with E-state index in [1.807, 2.05) is 6.07 Å². The molecule has 0 amide bonds. The second-order valence-corrected chi connectivity index (χ2v) is 9.78. The van der Waals surface area contributed by atoms with Crippen LogP contribution in [0, 0.1) is 29.7 Å². The quantitative estimate of drug-likeness (QED) is 0.541. The first-order valence-electron chi connectivity index (χ1n) is 11.4. The van der Waals surface area contributed by atoms with Crippen molar-refractivity contribution in [3.05, 3.63) is 40.3 Å². The predicted octanol–water partition coefficient (Wildman–Crippen LogP) is 3.52. The summed E-state index contributed by atoms with van der Waals surface area (Å²) in [6.45, 7) is 11.4. The largest absolute Gasteiger partial charge is 0.370 e.